The Kier molecular flexibility index (Phi) is 6.66. The zero-order valence-corrected chi connectivity index (χ0v) is 15.3. The van der Waals surface area contributed by atoms with Crippen molar-refractivity contribution in [3.63, 3.8) is 0 Å². The van der Waals surface area contributed by atoms with E-state index in [1.807, 2.05) is 6.92 Å². The van der Waals surface area contributed by atoms with Gasteiger partial charge >= 0.3 is 0 Å². The van der Waals surface area contributed by atoms with Gasteiger partial charge in [-0.05, 0) is 43.5 Å². The van der Waals surface area contributed by atoms with Crippen LogP contribution in [-0.4, -0.2) is 49.9 Å². The molecule has 1 fully saturated rings. The average Bonchev–Trinajstić information content (AvgIpc) is 2.92. The van der Waals surface area contributed by atoms with Crippen LogP contribution in [0.15, 0.2) is 24.3 Å². The van der Waals surface area contributed by atoms with Crippen LogP contribution in [0.4, 0.5) is 0 Å². The highest BCUT2D eigenvalue weighted by atomic mass is 32.2. The number of sulfone groups is 1. The van der Waals surface area contributed by atoms with Crippen LogP contribution in [0.2, 0.25) is 0 Å². The normalized spacial score (nSPS) is 19.2. The fraction of sp³-hybridized carbons (Fsp3) is 0.611. The molecule has 1 heterocycles. The van der Waals surface area contributed by atoms with E-state index in [1.165, 1.54) is 0 Å². The van der Waals surface area contributed by atoms with Crippen LogP contribution < -0.4 is 4.74 Å². The molecule has 0 aliphatic carbocycles. The number of hydrogen-bond donors (Lipinski definition) is 0. The van der Waals surface area contributed by atoms with Crippen molar-refractivity contribution in [2.75, 3.05) is 24.7 Å². The lowest BCUT2D eigenvalue weighted by Gasteiger charge is -2.28. The van der Waals surface area contributed by atoms with Crippen molar-refractivity contribution in [2.24, 2.45) is 0 Å². The Labute approximate surface area is 144 Å². The first-order chi connectivity index (χ1) is 11.5. The van der Waals surface area contributed by atoms with Crippen molar-refractivity contribution in [1.82, 2.24) is 4.90 Å². The van der Waals surface area contributed by atoms with Crippen LogP contribution in [0.1, 0.15) is 49.9 Å². The van der Waals surface area contributed by atoms with Crippen molar-refractivity contribution in [3.8, 4) is 5.75 Å². The van der Waals surface area contributed by atoms with Gasteiger partial charge in [-0.25, -0.2) is 8.42 Å². The van der Waals surface area contributed by atoms with Gasteiger partial charge < -0.3 is 9.64 Å². The average molecular weight is 353 g/mol. The van der Waals surface area contributed by atoms with Gasteiger partial charge in [-0.15, -0.1) is 0 Å². The van der Waals surface area contributed by atoms with Crippen LogP contribution >= 0.6 is 0 Å². The topological polar surface area (TPSA) is 63.7 Å². The Hall–Kier alpha value is -1.56. The molecule has 6 heteroatoms. The molecular formula is C18H27NO4S. The summed E-state index contributed by atoms with van der Waals surface area (Å²) in [5.74, 6) is 0.913. The Balaban J connectivity index is 2.06. The first-order valence-electron chi connectivity index (χ1n) is 8.71. The monoisotopic (exact) mass is 353 g/mol. The van der Waals surface area contributed by atoms with E-state index in [0.29, 0.717) is 25.1 Å². The zero-order chi connectivity index (χ0) is 17.6. The first-order valence-corrected chi connectivity index (χ1v) is 10.5. The summed E-state index contributed by atoms with van der Waals surface area (Å²) in [6, 6.07) is 6.92. The van der Waals surface area contributed by atoms with E-state index in [-0.39, 0.29) is 23.5 Å². The van der Waals surface area contributed by atoms with Crippen molar-refractivity contribution >= 4 is 15.7 Å². The summed E-state index contributed by atoms with van der Waals surface area (Å²) in [5, 5.41) is 0. The van der Waals surface area contributed by atoms with E-state index in [2.05, 4.69) is 6.92 Å². The van der Waals surface area contributed by atoms with Gasteiger partial charge in [0, 0.05) is 18.2 Å². The highest BCUT2D eigenvalue weighted by Gasteiger charge is 2.34. The summed E-state index contributed by atoms with van der Waals surface area (Å²) in [7, 11) is -3.01. The van der Waals surface area contributed by atoms with Gasteiger partial charge in [0.25, 0.3) is 5.91 Å². The molecule has 5 nitrogen and oxygen atoms in total. The van der Waals surface area contributed by atoms with Gasteiger partial charge in [0.1, 0.15) is 5.75 Å². The first kappa shape index (κ1) is 18.8. The molecule has 1 saturated heterocycles. The van der Waals surface area contributed by atoms with Crippen molar-refractivity contribution in [1.29, 1.82) is 0 Å². The third kappa shape index (κ3) is 4.97. The Bertz CT molecular complexity index is 639. The minimum Gasteiger partial charge on any atom is -0.494 e. The summed E-state index contributed by atoms with van der Waals surface area (Å²) in [6.45, 7) is 5.35. The number of carbonyl (C=O) groups excluding carboxylic acids is 1. The zero-order valence-electron chi connectivity index (χ0n) is 14.5. The largest absolute Gasteiger partial charge is 0.494 e. The molecule has 0 aromatic heterocycles. The van der Waals surface area contributed by atoms with E-state index in [1.54, 1.807) is 29.2 Å². The second kappa shape index (κ2) is 8.51. The maximum absolute atomic E-state index is 12.8. The second-order valence-electron chi connectivity index (χ2n) is 6.28. The molecule has 2 rings (SSSR count). The van der Waals surface area contributed by atoms with E-state index < -0.39 is 9.84 Å². The van der Waals surface area contributed by atoms with E-state index in [9.17, 15) is 13.2 Å². The van der Waals surface area contributed by atoms with Gasteiger partial charge in [0.05, 0.1) is 18.1 Å². The van der Waals surface area contributed by atoms with Gasteiger partial charge in [-0.1, -0.05) is 20.3 Å². The lowest BCUT2D eigenvalue weighted by molar-refractivity contribution is 0.0697. The number of carbonyl (C=O) groups is 1. The standard InChI is InChI=1S/C18H27NO4S/c1-3-5-12-23-17-8-6-15(7-9-17)18(20)19(11-4-2)16-10-13-24(21,22)14-16/h6-9,16H,3-5,10-14H2,1-2H3. The van der Waals surface area contributed by atoms with Crippen LogP contribution in [0.5, 0.6) is 5.75 Å². The molecule has 24 heavy (non-hydrogen) atoms. The summed E-state index contributed by atoms with van der Waals surface area (Å²) in [5.41, 5.74) is 0.579. The SMILES string of the molecule is CCCCOc1ccc(C(=O)N(CCC)C2CCS(=O)(=O)C2)cc1. The summed E-state index contributed by atoms with van der Waals surface area (Å²) in [6.07, 6.45) is 3.42. The summed E-state index contributed by atoms with van der Waals surface area (Å²) in [4.78, 5) is 14.5. The lowest BCUT2D eigenvalue weighted by Crippen LogP contribution is -2.41. The maximum Gasteiger partial charge on any atom is 0.254 e. The third-order valence-electron chi connectivity index (χ3n) is 4.24. The number of benzene rings is 1. The van der Waals surface area contributed by atoms with Crippen LogP contribution in [0.3, 0.4) is 0 Å². The number of nitrogens with zero attached hydrogens (tertiary/aromatic N) is 1. The van der Waals surface area contributed by atoms with Crippen LogP contribution in [-0.2, 0) is 9.84 Å². The number of rotatable bonds is 8. The van der Waals surface area contributed by atoms with Crippen LogP contribution in [0, 0.1) is 0 Å². The molecule has 134 valence electrons. The van der Waals surface area contributed by atoms with Crippen molar-refractivity contribution in [3.05, 3.63) is 29.8 Å². The van der Waals surface area contributed by atoms with Gasteiger partial charge in [0.15, 0.2) is 9.84 Å². The van der Waals surface area contributed by atoms with E-state index >= 15 is 0 Å². The number of hydrogen-bond acceptors (Lipinski definition) is 4. The predicted octanol–water partition coefficient (Wildman–Crippen LogP) is 2.90. The molecule has 1 aliphatic rings. The molecule has 1 aromatic carbocycles. The molecule has 0 saturated carbocycles. The molecule has 1 atom stereocenters. The molecule has 0 N–H and O–H groups in total. The molecule has 1 aromatic rings. The van der Waals surface area contributed by atoms with E-state index in [0.717, 1.165) is 25.0 Å². The lowest BCUT2D eigenvalue weighted by atomic mass is 10.1. The fourth-order valence-electron chi connectivity index (χ4n) is 2.91. The number of unbranched alkanes of at least 4 members (excludes halogenated alkanes) is 1. The minimum absolute atomic E-state index is 0.0803. The Morgan fingerprint density at radius 2 is 1.92 bits per heavy atom. The van der Waals surface area contributed by atoms with E-state index in [4.69, 9.17) is 4.74 Å². The third-order valence-corrected chi connectivity index (χ3v) is 5.99. The quantitative estimate of drug-likeness (QED) is 0.674. The highest BCUT2D eigenvalue weighted by Crippen LogP contribution is 2.21. The summed E-state index contributed by atoms with van der Waals surface area (Å²) >= 11 is 0. The Morgan fingerprint density at radius 1 is 1.21 bits per heavy atom. The molecule has 1 aliphatic heterocycles. The minimum atomic E-state index is -3.01. The molecule has 0 spiro atoms. The molecule has 0 radical (unpaired) electrons. The molecule has 1 unspecified atom stereocenters. The fourth-order valence-corrected chi connectivity index (χ4v) is 4.64. The van der Waals surface area contributed by atoms with Gasteiger partial charge in [-0.3, -0.25) is 4.79 Å². The van der Waals surface area contributed by atoms with Gasteiger partial charge in [0.2, 0.25) is 0 Å². The predicted molar refractivity (Wildman–Crippen MR) is 95.2 cm³/mol. The molecule has 0 bridgehead atoms. The highest BCUT2D eigenvalue weighted by molar-refractivity contribution is 7.91. The number of amides is 1. The smallest absolute Gasteiger partial charge is 0.254 e. The molecular weight excluding hydrogens is 326 g/mol. The number of ether oxygens (including phenoxy) is 1. The van der Waals surface area contributed by atoms with Gasteiger partial charge in [-0.2, -0.15) is 0 Å². The maximum atomic E-state index is 12.8. The Morgan fingerprint density at radius 3 is 2.46 bits per heavy atom. The van der Waals surface area contributed by atoms with Crippen LogP contribution in [0.25, 0.3) is 0 Å². The second-order valence-corrected chi connectivity index (χ2v) is 8.51. The van der Waals surface area contributed by atoms with Crippen molar-refractivity contribution in [2.45, 2.75) is 45.6 Å². The van der Waals surface area contributed by atoms with Crippen molar-refractivity contribution < 1.29 is 17.9 Å². The summed E-state index contributed by atoms with van der Waals surface area (Å²) < 4.78 is 29.1. The molecule has 1 amide bonds.